The fourth-order valence-electron chi connectivity index (χ4n) is 3.46. The third-order valence-electron chi connectivity index (χ3n) is 5.04. The van der Waals surface area contributed by atoms with E-state index in [2.05, 4.69) is 17.2 Å². The molecule has 0 radical (unpaired) electrons. The van der Waals surface area contributed by atoms with Gasteiger partial charge in [-0.2, -0.15) is 0 Å². The maximum Gasteiger partial charge on any atom is 0.230 e. The van der Waals surface area contributed by atoms with Crippen molar-refractivity contribution in [3.8, 4) is 11.3 Å². The van der Waals surface area contributed by atoms with Gasteiger partial charge in [0.1, 0.15) is 5.69 Å². The highest BCUT2D eigenvalue weighted by atomic mass is 16.2. The Bertz CT molecular complexity index is 869. The summed E-state index contributed by atoms with van der Waals surface area (Å²) in [6.45, 7) is 3.45. The van der Waals surface area contributed by atoms with Gasteiger partial charge in [-0.05, 0) is 12.0 Å². The van der Waals surface area contributed by atoms with Crippen LogP contribution in [-0.2, 0) is 4.79 Å². The van der Waals surface area contributed by atoms with Crippen molar-refractivity contribution in [2.45, 2.75) is 25.3 Å². The summed E-state index contributed by atoms with van der Waals surface area (Å²) < 4.78 is 1.88. The topological polar surface area (TPSA) is 51.0 Å². The molecule has 1 aliphatic heterocycles. The molecule has 2 aromatic carbocycles. The Morgan fingerprint density at radius 2 is 1.73 bits per heavy atom. The van der Waals surface area contributed by atoms with Crippen LogP contribution in [0.15, 0.2) is 66.9 Å². The number of carbonyl (C=O) groups is 1. The van der Waals surface area contributed by atoms with Gasteiger partial charge in [0.15, 0.2) is 0 Å². The van der Waals surface area contributed by atoms with Crippen molar-refractivity contribution in [3.63, 3.8) is 0 Å². The van der Waals surface area contributed by atoms with E-state index >= 15 is 0 Å². The summed E-state index contributed by atoms with van der Waals surface area (Å²) in [5.74, 6) is 0.145. The predicted molar refractivity (Wildman–Crippen MR) is 101 cm³/mol. The van der Waals surface area contributed by atoms with Crippen LogP contribution in [0.5, 0.6) is 0 Å². The van der Waals surface area contributed by atoms with E-state index in [-0.39, 0.29) is 17.9 Å². The number of hydrogen-bond donors (Lipinski definition) is 0. The molecule has 3 aromatic rings. The summed E-state index contributed by atoms with van der Waals surface area (Å²) in [4.78, 5) is 14.8. The number of amides is 1. The van der Waals surface area contributed by atoms with Gasteiger partial charge < -0.3 is 4.90 Å². The van der Waals surface area contributed by atoms with Crippen molar-refractivity contribution in [2.75, 3.05) is 13.1 Å². The Labute approximate surface area is 153 Å². The molecule has 5 nitrogen and oxygen atoms in total. The van der Waals surface area contributed by atoms with Crippen molar-refractivity contribution < 1.29 is 4.79 Å². The molecule has 0 aliphatic carbocycles. The van der Waals surface area contributed by atoms with Crippen LogP contribution in [0.3, 0.4) is 0 Å². The molecule has 5 heteroatoms. The highest BCUT2D eigenvalue weighted by Gasteiger charge is 2.36. The number of carbonyl (C=O) groups excluding carboxylic acids is 1. The van der Waals surface area contributed by atoms with Gasteiger partial charge in [0.2, 0.25) is 5.91 Å². The van der Waals surface area contributed by atoms with E-state index in [1.165, 1.54) is 0 Å². The predicted octanol–water partition coefficient (Wildman–Crippen LogP) is 3.52. The largest absolute Gasteiger partial charge is 0.338 e. The number of likely N-dealkylation sites (tertiary alicyclic amines) is 1. The summed E-state index contributed by atoms with van der Waals surface area (Å²) in [5, 5.41) is 8.53. The van der Waals surface area contributed by atoms with Gasteiger partial charge >= 0.3 is 0 Å². The molecule has 132 valence electrons. The average Bonchev–Trinajstić information content (AvgIpc) is 3.12. The first-order valence-electron chi connectivity index (χ1n) is 9.07. The molecule has 26 heavy (non-hydrogen) atoms. The third-order valence-corrected chi connectivity index (χ3v) is 5.04. The highest BCUT2D eigenvalue weighted by Crippen LogP contribution is 2.29. The first-order chi connectivity index (χ1) is 12.8. The molecule has 1 amide bonds. The number of rotatable bonds is 5. The van der Waals surface area contributed by atoms with Crippen LogP contribution in [0, 0.1) is 0 Å². The molecule has 2 heterocycles. The Kier molecular flexibility index (Phi) is 4.52. The van der Waals surface area contributed by atoms with E-state index in [1.807, 2.05) is 76.4 Å². The van der Waals surface area contributed by atoms with Crippen molar-refractivity contribution in [3.05, 3.63) is 72.4 Å². The molecule has 0 bridgehead atoms. The lowest BCUT2D eigenvalue weighted by Crippen LogP contribution is -2.52. The molecule has 1 unspecified atom stereocenters. The van der Waals surface area contributed by atoms with Gasteiger partial charge in [-0.25, -0.2) is 4.68 Å². The van der Waals surface area contributed by atoms with Gasteiger partial charge in [-0.3, -0.25) is 4.79 Å². The minimum atomic E-state index is -0.0622. The van der Waals surface area contributed by atoms with Crippen LogP contribution >= 0.6 is 0 Å². The van der Waals surface area contributed by atoms with Crippen LogP contribution < -0.4 is 0 Å². The standard InChI is InChI=1S/C21H22N4O/c1-2-19(16-9-5-3-6-10-16)21(26)24-13-18(14-24)25-15-20(22-23-25)17-11-7-4-8-12-17/h3-12,15,18-19H,2,13-14H2,1H3. The second kappa shape index (κ2) is 7.12. The minimum absolute atomic E-state index is 0.0622. The van der Waals surface area contributed by atoms with Crippen molar-refractivity contribution in [1.29, 1.82) is 0 Å². The lowest BCUT2D eigenvalue weighted by atomic mass is 9.93. The van der Waals surface area contributed by atoms with Crippen LogP contribution in [0.1, 0.15) is 30.9 Å². The first kappa shape index (κ1) is 16.5. The van der Waals surface area contributed by atoms with E-state index in [9.17, 15) is 4.79 Å². The SMILES string of the molecule is CCC(C(=O)N1CC(n2cc(-c3ccccc3)nn2)C1)c1ccccc1. The molecule has 1 fully saturated rings. The maximum atomic E-state index is 12.8. The van der Waals surface area contributed by atoms with Gasteiger partial charge in [0.05, 0.1) is 18.2 Å². The van der Waals surface area contributed by atoms with E-state index < -0.39 is 0 Å². The number of nitrogens with zero attached hydrogens (tertiary/aromatic N) is 4. The van der Waals surface area contributed by atoms with Crippen molar-refractivity contribution in [2.24, 2.45) is 0 Å². The molecular weight excluding hydrogens is 324 g/mol. The van der Waals surface area contributed by atoms with E-state index in [0.717, 1.165) is 23.2 Å². The Balaban J connectivity index is 1.41. The molecule has 0 spiro atoms. The Morgan fingerprint density at radius 1 is 1.08 bits per heavy atom. The lowest BCUT2D eigenvalue weighted by molar-refractivity contribution is -0.139. The quantitative estimate of drug-likeness (QED) is 0.710. The normalized spacial score (nSPS) is 15.5. The lowest BCUT2D eigenvalue weighted by Gasteiger charge is -2.40. The maximum absolute atomic E-state index is 12.8. The number of benzene rings is 2. The summed E-state index contributed by atoms with van der Waals surface area (Å²) in [6, 6.07) is 20.3. The van der Waals surface area contributed by atoms with Crippen molar-refractivity contribution >= 4 is 5.91 Å². The smallest absolute Gasteiger partial charge is 0.230 e. The Hall–Kier alpha value is -2.95. The molecule has 1 aromatic heterocycles. The number of aromatic nitrogens is 3. The van der Waals surface area contributed by atoms with Crippen LogP contribution in [0.25, 0.3) is 11.3 Å². The average molecular weight is 346 g/mol. The fourth-order valence-corrected chi connectivity index (χ4v) is 3.46. The first-order valence-corrected chi connectivity index (χ1v) is 9.07. The zero-order valence-corrected chi connectivity index (χ0v) is 14.8. The second-order valence-corrected chi connectivity index (χ2v) is 6.72. The van der Waals surface area contributed by atoms with Crippen LogP contribution in [-0.4, -0.2) is 38.9 Å². The van der Waals surface area contributed by atoms with E-state index in [4.69, 9.17) is 0 Å². The van der Waals surface area contributed by atoms with Crippen LogP contribution in [0.4, 0.5) is 0 Å². The highest BCUT2D eigenvalue weighted by molar-refractivity contribution is 5.84. The molecule has 1 aliphatic rings. The number of hydrogen-bond acceptors (Lipinski definition) is 3. The monoisotopic (exact) mass is 346 g/mol. The zero-order chi connectivity index (χ0) is 17.9. The summed E-state index contributed by atoms with van der Waals surface area (Å²) in [5.41, 5.74) is 3.02. The summed E-state index contributed by atoms with van der Waals surface area (Å²) in [6.07, 6.45) is 2.78. The third kappa shape index (κ3) is 3.12. The summed E-state index contributed by atoms with van der Waals surface area (Å²) >= 11 is 0. The zero-order valence-electron chi connectivity index (χ0n) is 14.8. The molecular formula is C21H22N4O. The van der Waals surface area contributed by atoms with Crippen LogP contribution in [0.2, 0.25) is 0 Å². The molecule has 4 rings (SSSR count). The van der Waals surface area contributed by atoms with E-state index in [0.29, 0.717) is 13.1 Å². The molecule has 0 N–H and O–H groups in total. The van der Waals surface area contributed by atoms with Gasteiger partial charge in [-0.1, -0.05) is 72.8 Å². The molecule has 1 saturated heterocycles. The van der Waals surface area contributed by atoms with Gasteiger partial charge in [-0.15, -0.1) is 5.10 Å². The second-order valence-electron chi connectivity index (χ2n) is 6.72. The van der Waals surface area contributed by atoms with Gasteiger partial charge in [0.25, 0.3) is 0 Å². The Morgan fingerprint density at radius 3 is 2.38 bits per heavy atom. The fraction of sp³-hybridized carbons (Fsp3) is 0.286. The van der Waals surface area contributed by atoms with Gasteiger partial charge in [0, 0.05) is 18.7 Å². The molecule has 0 saturated carbocycles. The summed E-state index contributed by atoms with van der Waals surface area (Å²) in [7, 11) is 0. The molecule has 1 atom stereocenters. The van der Waals surface area contributed by atoms with Crippen molar-refractivity contribution in [1.82, 2.24) is 19.9 Å². The van der Waals surface area contributed by atoms with E-state index in [1.54, 1.807) is 0 Å². The minimum Gasteiger partial charge on any atom is -0.338 e.